The Hall–Kier alpha value is -2.53. The van der Waals surface area contributed by atoms with Crippen molar-refractivity contribution >= 4 is 23.2 Å². The molecule has 0 radical (unpaired) electrons. The molecule has 2 aromatic rings. The first-order chi connectivity index (χ1) is 15.6. The number of benzene rings is 1. The Kier molecular flexibility index (Phi) is 4.30. The molecule has 6 rings (SSSR count). The van der Waals surface area contributed by atoms with Crippen molar-refractivity contribution in [2.24, 2.45) is 0 Å². The van der Waals surface area contributed by atoms with E-state index in [0.717, 1.165) is 5.69 Å². The molecular formula is C21H20ClF3N4O4. The molecule has 1 N–H and O–H groups in total. The van der Waals surface area contributed by atoms with Gasteiger partial charge in [-0.2, -0.15) is 0 Å². The number of nitrogens with one attached hydrogen (secondary N) is 1. The lowest BCUT2D eigenvalue weighted by Crippen LogP contribution is -2.49. The highest BCUT2D eigenvalue weighted by Crippen LogP contribution is 2.78. The summed E-state index contributed by atoms with van der Waals surface area (Å²) in [6.45, 7) is 0.385. The van der Waals surface area contributed by atoms with Gasteiger partial charge in [-0.1, -0.05) is 11.6 Å². The fourth-order valence-corrected chi connectivity index (χ4v) is 5.14. The lowest BCUT2D eigenvalue weighted by Gasteiger charge is -2.33. The fourth-order valence-electron chi connectivity index (χ4n) is 4.98. The Morgan fingerprint density at radius 1 is 1.30 bits per heavy atom. The number of likely N-dealkylation sites (N-methyl/N-ethyl adjacent to an activating group) is 1. The van der Waals surface area contributed by atoms with Crippen LogP contribution in [-0.4, -0.2) is 53.8 Å². The summed E-state index contributed by atoms with van der Waals surface area (Å²) < 4.78 is 52.6. The number of aromatic nitrogens is 2. The third-order valence-corrected chi connectivity index (χ3v) is 7.40. The van der Waals surface area contributed by atoms with Crippen LogP contribution in [0.3, 0.4) is 0 Å². The van der Waals surface area contributed by atoms with Crippen LogP contribution in [0.4, 0.5) is 18.9 Å². The van der Waals surface area contributed by atoms with Crippen LogP contribution in [0.1, 0.15) is 43.4 Å². The Morgan fingerprint density at radius 3 is 2.79 bits per heavy atom. The summed E-state index contributed by atoms with van der Waals surface area (Å²) in [5, 5.41) is 11.8. The van der Waals surface area contributed by atoms with Crippen LogP contribution in [-0.2, 0) is 14.9 Å². The van der Waals surface area contributed by atoms with Crippen LogP contribution in [0.25, 0.3) is 0 Å². The van der Waals surface area contributed by atoms with Gasteiger partial charge in [0.25, 0.3) is 5.91 Å². The SMILES string of the molecule is CN1CC(C(=O)NC23CC2(c2nnc(C4CC(OC(F)(F)F)C4)o2)C3)Oc2ccc(Cl)cc21. The minimum Gasteiger partial charge on any atom is -0.477 e. The van der Waals surface area contributed by atoms with E-state index in [0.29, 0.717) is 41.9 Å². The van der Waals surface area contributed by atoms with Gasteiger partial charge in [-0.3, -0.25) is 9.53 Å². The van der Waals surface area contributed by atoms with E-state index in [9.17, 15) is 18.0 Å². The van der Waals surface area contributed by atoms with Gasteiger partial charge in [0.2, 0.25) is 11.8 Å². The first-order valence-corrected chi connectivity index (χ1v) is 11.0. The van der Waals surface area contributed by atoms with Crippen molar-refractivity contribution in [2.75, 3.05) is 18.5 Å². The second kappa shape index (κ2) is 6.75. The van der Waals surface area contributed by atoms with E-state index in [1.807, 2.05) is 11.9 Å². The average molecular weight is 485 g/mol. The quantitative estimate of drug-likeness (QED) is 0.696. The molecule has 0 saturated heterocycles. The first kappa shape index (κ1) is 21.0. The van der Waals surface area contributed by atoms with Gasteiger partial charge in [0.15, 0.2) is 6.10 Å². The second-order valence-corrected chi connectivity index (χ2v) is 9.84. The van der Waals surface area contributed by atoms with E-state index >= 15 is 0 Å². The molecule has 176 valence electrons. The van der Waals surface area contributed by atoms with Gasteiger partial charge in [0.1, 0.15) is 5.75 Å². The van der Waals surface area contributed by atoms with E-state index < -0.39 is 24.1 Å². The standard InChI is InChI=1S/C21H20ClF3N4O4/c1-29-7-15(31-14-3-2-11(22)6-13(14)29)16(30)26-20-8-19(20,9-20)18-28-27-17(32-18)10-4-12(5-10)33-21(23,24)25/h2-3,6,10,12,15H,4-5,7-9H2,1H3,(H,26,30). The number of carbonyl (C=O) groups is 1. The zero-order valence-electron chi connectivity index (χ0n) is 17.5. The minimum atomic E-state index is -4.64. The average Bonchev–Trinajstić information content (AvgIpc) is 3.40. The zero-order chi connectivity index (χ0) is 23.2. The molecule has 3 fully saturated rings. The van der Waals surface area contributed by atoms with Crippen molar-refractivity contribution in [2.45, 2.75) is 61.1 Å². The third-order valence-electron chi connectivity index (χ3n) is 7.16. The van der Waals surface area contributed by atoms with Crippen LogP contribution in [0.2, 0.25) is 5.02 Å². The third kappa shape index (κ3) is 3.43. The van der Waals surface area contributed by atoms with Gasteiger partial charge in [0, 0.05) is 18.0 Å². The molecule has 0 bridgehead atoms. The largest absolute Gasteiger partial charge is 0.522 e. The summed E-state index contributed by atoms with van der Waals surface area (Å²) >= 11 is 6.05. The number of ether oxygens (including phenoxy) is 2. The number of carbonyl (C=O) groups excluding carboxylic acids is 1. The van der Waals surface area contributed by atoms with E-state index in [-0.39, 0.29) is 30.1 Å². The Balaban J connectivity index is 1.07. The first-order valence-electron chi connectivity index (χ1n) is 10.7. The van der Waals surface area contributed by atoms with Crippen molar-refractivity contribution in [1.82, 2.24) is 15.5 Å². The zero-order valence-corrected chi connectivity index (χ0v) is 18.2. The predicted molar refractivity (Wildman–Crippen MR) is 108 cm³/mol. The highest BCUT2D eigenvalue weighted by molar-refractivity contribution is 6.31. The molecule has 1 unspecified atom stereocenters. The van der Waals surface area contributed by atoms with E-state index in [4.69, 9.17) is 20.8 Å². The summed E-state index contributed by atoms with van der Waals surface area (Å²) in [7, 11) is 1.87. The van der Waals surface area contributed by atoms with Gasteiger partial charge < -0.3 is 19.4 Å². The number of hydrogen-bond donors (Lipinski definition) is 1. The van der Waals surface area contributed by atoms with Crippen molar-refractivity contribution < 1.29 is 31.9 Å². The predicted octanol–water partition coefficient (Wildman–Crippen LogP) is 3.30. The highest BCUT2D eigenvalue weighted by Gasteiger charge is 2.88. The Bertz CT molecular complexity index is 1130. The molecule has 2 heterocycles. The topological polar surface area (TPSA) is 89.7 Å². The Morgan fingerprint density at radius 2 is 2.06 bits per heavy atom. The molecule has 8 nitrogen and oxygen atoms in total. The van der Waals surface area contributed by atoms with Crippen molar-refractivity contribution in [1.29, 1.82) is 0 Å². The van der Waals surface area contributed by atoms with Gasteiger partial charge in [0.05, 0.1) is 29.3 Å². The maximum atomic E-state index is 12.9. The summed E-state index contributed by atoms with van der Waals surface area (Å²) in [5.41, 5.74) is 0.0255. The Labute approximate surface area is 191 Å². The van der Waals surface area contributed by atoms with E-state index in [1.165, 1.54) is 0 Å². The molecule has 1 aromatic carbocycles. The van der Waals surface area contributed by atoms with Crippen LogP contribution in [0, 0.1) is 0 Å². The minimum absolute atomic E-state index is 0.190. The maximum absolute atomic E-state index is 12.9. The van der Waals surface area contributed by atoms with Gasteiger partial charge in [-0.15, -0.1) is 23.4 Å². The van der Waals surface area contributed by atoms with Crippen LogP contribution in [0.5, 0.6) is 5.75 Å². The summed E-state index contributed by atoms with van der Waals surface area (Å²) in [4.78, 5) is 14.9. The van der Waals surface area contributed by atoms with Crippen LogP contribution >= 0.6 is 11.6 Å². The highest BCUT2D eigenvalue weighted by atomic mass is 35.5. The number of amides is 1. The molecule has 1 amide bonds. The number of hydrogen-bond acceptors (Lipinski definition) is 7. The number of rotatable bonds is 5. The molecule has 12 heteroatoms. The molecule has 3 saturated carbocycles. The molecule has 3 aliphatic carbocycles. The van der Waals surface area contributed by atoms with Crippen molar-refractivity contribution in [3.63, 3.8) is 0 Å². The number of fused-ring (bicyclic) bond motifs is 2. The molecule has 1 aromatic heterocycles. The molecule has 4 aliphatic rings. The van der Waals surface area contributed by atoms with Gasteiger partial charge in [-0.05, 0) is 43.9 Å². The molecule has 33 heavy (non-hydrogen) atoms. The van der Waals surface area contributed by atoms with Crippen molar-refractivity contribution in [3.05, 3.63) is 35.0 Å². The van der Waals surface area contributed by atoms with Gasteiger partial charge >= 0.3 is 6.36 Å². The molecule has 1 atom stereocenters. The molecular weight excluding hydrogens is 465 g/mol. The molecule has 1 aliphatic heterocycles. The molecule has 0 spiro atoms. The normalized spacial score (nSPS) is 34.0. The van der Waals surface area contributed by atoms with Gasteiger partial charge in [-0.25, -0.2) is 0 Å². The lowest BCUT2D eigenvalue weighted by molar-refractivity contribution is -0.352. The smallest absolute Gasteiger partial charge is 0.477 e. The van der Waals surface area contributed by atoms with E-state index in [1.54, 1.807) is 18.2 Å². The van der Waals surface area contributed by atoms with Crippen LogP contribution < -0.4 is 15.0 Å². The van der Waals surface area contributed by atoms with Crippen molar-refractivity contribution in [3.8, 4) is 5.75 Å². The fraction of sp³-hybridized carbons (Fsp3) is 0.571. The number of halogens is 4. The monoisotopic (exact) mass is 484 g/mol. The summed E-state index contributed by atoms with van der Waals surface area (Å²) in [6.07, 6.45) is -4.43. The van der Waals surface area contributed by atoms with E-state index in [2.05, 4.69) is 20.3 Å². The van der Waals surface area contributed by atoms with Crippen LogP contribution in [0.15, 0.2) is 22.6 Å². The number of alkyl halides is 3. The maximum Gasteiger partial charge on any atom is 0.522 e. The lowest BCUT2D eigenvalue weighted by atomic mass is 9.82. The summed E-state index contributed by atoms with van der Waals surface area (Å²) in [6, 6.07) is 5.26. The number of nitrogens with zero attached hydrogens (tertiary/aromatic N) is 3. The number of anilines is 1. The second-order valence-electron chi connectivity index (χ2n) is 9.41. The summed E-state index contributed by atoms with van der Waals surface area (Å²) in [5.74, 6) is 0.898.